The largest absolute Gasteiger partial charge is 0.352 e. The molecule has 0 aliphatic carbocycles. The molecule has 0 atom stereocenters. The Morgan fingerprint density at radius 3 is 2.78 bits per heavy atom. The summed E-state index contributed by atoms with van der Waals surface area (Å²) in [6.45, 7) is 2.67. The van der Waals surface area contributed by atoms with Gasteiger partial charge in [-0.25, -0.2) is 4.39 Å². The number of carbonyl (C=O) groups is 1. The van der Waals surface area contributed by atoms with Crippen molar-refractivity contribution in [2.75, 3.05) is 19.6 Å². The zero-order valence-electron chi connectivity index (χ0n) is 10.0. The standard InChI is InChI=1S/C13H16BrFN2O/c14-11-5-10(6-12(15)7-11)13(18)17-8-9-1-3-16-4-2-9/h5-7,9,16H,1-4,8H2,(H,17,18). The molecule has 0 bridgehead atoms. The fourth-order valence-corrected chi connectivity index (χ4v) is 2.58. The quantitative estimate of drug-likeness (QED) is 0.899. The fourth-order valence-electron chi connectivity index (χ4n) is 2.11. The summed E-state index contributed by atoms with van der Waals surface area (Å²) in [6, 6.07) is 4.22. The summed E-state index contributed by atoms with van der Waals surface area (Å²) in [5.74, 6) is -0.0997. The average Bonchev–Trinajstić information content (AvgIpc) is 2.36. The van der Waals surface area contributed by atoms with Gasteiger partial charge in [0.25, 0.3) is 5.91 Å². The molecule has 0 spiro atoms. The van der Waals surface area contributed by atoms with E-state index < -0.39 is 5.82 Å². The molecule has 0 unspecified atom stereocenters. The lowest BCUT2D eigenvalue weighted by Gasteiger charge is -2.22. The van der Waals surface area contributed by atoms with Gasteiger partial charge in [-0.3, -0.25) is 4.79 Å². The first-order valence-corrected chi connectivity index (χ1v) is 6.89. The van der Waals surface area contributed by atoms with Gasteiger partial charge in [0.05, 0.1) is 0 Å². The number of hydrogen-bond donors (Lipinski definition) is 2. The Morgan fingerprint density at radius 2 is 2.11 bits per heavy atom. The number of hydrogen-bond acceptors (Lipinski definition) is 2. The summed E-state index contributed by atoms with van der Waals surface area (Å²) < 4.78 is 13.7. The molecule has 1 aliphatic heterocycles. The van der Waals surface area contributed by atoms with Crippen molar-refractivity contribution in [3.8, 4) is 0 Å². The molecule has 0 aromatic heterocycles. The molecular weight excluding hydrogens is 299 g/mol. The van der Waals surface area contributed by atoms with E-state index in [4.69, 9.17) is 0 Å². The fraction of sp³-hybridized carbons (Fsp3) is 0.462. The summed E-state index contributed by atoms with van der Waals surface area (Å²) in [7, 11) is 0. The van der Waals surface area contributed by atoms with Gasteiger partial charge in [-0.1, -0.05) is 15.9 Å². The maximum Gasteiger partial charge on any atom is 0.251 e. The van der Waals surface area contributed by atoms with E-state index in [0.29, 0.717) is 22.5 Å². The zero-order valence-corrected chi connectivity index (χ0v) is 11.6. The highest BCUT2D eigenvalue weighted by Gasteiger charge is 2.15. The molecule has 1 heterocycles. The third-order valence-corrected chi connectivity index (χ3v) is 3.59. The van der Waals surface area contributed by atoms with Crippen LogP contribution >= 0.6 is 15.9 Å². The second-order valence-corrected chi connectivity index (χ2v) is 5.48. The highest BCUT2D eigenvalue weighted by atomic mass is 79.9. The van der Waals surface area contributed by atoms with Gasteiger partial charge >= 0.3 is 0 Å². The number of nitrogens with one attached hydrogen (secondary N) is 2. The topological polar surface area (TPSA) is 41.1 Å². The van der Waals surface area contributed by atoms with Crippen LogP contribution in [-0.2, 0) is 0 Å². The molecule has 18 heavy (non-hydrogen) atoms. The van der Waals surface area contributed by atoms with Crippen LogP contribution in [0.1, 0.15) is 23.2 Å². The van der Waals surface area contributed by atoms with Crippen LogP contribution in [0.3, 0.4) is 0 Å². The van der Waals surface area contributed by atoms with Crippen LogP contribution in [0.2, 0.25) is 0 Å². The van der Waals surface area contributed by atoms with Crippen LogP contribution in [0.15, 0.2) is 22.7 Å². The van der Waals surface area contributed by atoms with E-state index in [1.807, 2.05) is 0 Å². The van der Waals surface area contributed by atoms with E-state index in [1.165, 1.54) is 12.1 Å². The van der Waals surface area contributed by atoms with E-state index >= 15 is 0 Å². The van der Waals surface area contributed by atoms with Crippen LogP contribution in [-0.4, -0.2) is 25.5 Å². The van der Waals surface area contributed by atoms with Gasteiger partial charge < -0.3 is 10.6 Å². The van der Waals surface area contributed by atoms with Crippen LogP contribution in [0, 0.1) is 11.7 Å². The molecule has 1 aromatic rings. The lowest BCUT2D eigenvalue weighted by molar-refractivity contribution is 0.0943. The molecule has 1 amide bonds. The minimum absolute atomic E-state index is 0.214. The average molecular weight is 315 g/mol. The molecule has 2 N–H and O–H groups in total. The Bertz CT molecular complexity index is 413. The van der Waals surface area contributed by atoms with Crippen molar-refractivity contribution in [1.29, 1.82) is 0 Å². The number of carbonyl (C=O) groups excluding carboxylic acids is 1. The molecular formula is C13H16BrFN2O. The number of benzene rings is 1. The van der Waals surface area contributed by atoms with Gasteiger partial charge in [-0.15, -0.1) is 0 Å². The predicted molar refractivity (Wildman–Crippen MR) is 72.0 cm³/mol. The van der Waals surface area contributed by atoms with Crippen molar-refractivity contribution >= 4 is 21.8 Å². The third-order valence-electron chi connectivity index (χ3n) is 3.13. The summed E-state index contributed by atoms with van der Waals surface area (Å²) in [6.07, 6.45) is 2.15. The Kier molecular flexibility index (Phi) is 4.72. The second-order valence-electron chi connectivity index (χ2n) is 4.56. The summed E-state index contributed by atoms with van der Waals surface area (Å²) in [5, 5.41) is 6.15. The van der Waals surface area contributed by atoms with Crippen molar-refractivity contribution in [2.45, 2.75) is 12.8 Å². The van der Waals surface area contributed by atoms with Crippen LogP contribution in [0.25, 0.3) is 0 Å². The molecule has 0 saturated carbocycles. The highest BCUT2D eigenvalue weighted by molar-refractivity contribution is 9.10. The van der Waals surface area contributed by atoms with Crippen molar-refractivity contribution < 1.29 is 9.18 Å². The van der Waals surface area contributed by atoms with E-state index in [9.17, 15) is 9.18 Å². The van der Waals surface area contributed by atoms with Crippen molar-refractivity contribution in [1.82, 2.24) is 10.6 Å². The SMILES string of the molecule is O=C(NCC1CCNCC1)c1cc(F)cc(Br)c1. The maximum absolute atomic E-state index is 13.2. The molecule has 98 valence electrons. The second kappa shape index (κ2) is 6.29. The van der Waals surface area contributed by atoms with Gasteiger partial charge in [-0.05, 0) is 50.0 Å². The van der Waals surface area contributed by atoms with Crippen LogP contribution in [0.5, 0.6) is 0 Å². The highest BCUT2D eigenvalue weighted by Crippen LogP contribution is 2.15. The first-order valence-electron chi connectivity index (χ1n) is 6.10. The molecule has 1 saturated heterocycles. The molecule has 1 aliphatic rings. The van der Waals surface area contributed by atoms with E-state index in [2.05, 4.69) is 26.6 Å². The van der Waals surface area contributed by atoms with Gasteiger partial charge in [0.1, 0.15) is 5.82 Å². The lowest BCUT2D eigenvalue weighted by Crippen LogP contribution is -2.36. The smallest absolute Gasteiger partial charge is 0.251 e. The molecule has 1 aromatic carbocycles. The molecule has 2 rings (SSSR count). The molecule has 0 radical (unpaired) electrons. The molecule has 5 heteroatoms. The van der Waals surface area contributed by atoms with E-state index in [0.717, 1.165) is 25.9 Å². The number of rotatable bonds is 3. The number of amides is 1. The summed E-state index contributed by atoms with van der Waals surface area (Å²) in [4.78, 5) is 11.9. The molecule has 3 nitrogen and oxygen atoms in total. The Hall–Kier alpha value is -0.940. The van der Waals surface area contributed by atoms with Gasteiger partial charge in [0, 0.05) is 16.6 Å². The monoisotopic (exact) mass is 314 g/mol. The first-order chi connectivity index (χ1) is 8.65. The van der Waals surface area contributed by atoms with E-state index in [-0.39, 0.29) is 5.91 Å². The van der Waals surface area contributed by atoms with Crippen molar-refractivity contribution in [3.05, 3.63) is 34.1 Å². The number of halogens is 2. The number of piperidine rings is 1. The minimum Gasteiger partial charge on any atom is -0.352 e. The molecule has 1 fully saturated rings. The minimum atomic E-state index is -0.406. The first kappa shape index (κ1) is 13.5. The van der Waals surface area contributed by atoms with Gasteiger partial charge in [0.2, 0.25) is 0 Å². The van der Waals surface area contributed by atoms with Crippen LogP contribution < -0.4 is 10.6 Å². The third kappa shape index (κ3) is 3.78. The summed E-state index contributed by atoms with van der Waals surface area (Å²) in [5.41, 5.74) is 0.357. The Balaban J connectivity index is 1.90. The van der Waals surface area contributed by atoms with Crippen LogP contribution in [0.4, 0.5) is 4.39 Å². The maximum atomic E-state index is 13.2. The Labute approximate surface area is 114 Å². The predicted octanol–water partition coefficient (Wildman–Crippen LogP) is 2.32. The zero-order chi connectivity index (χ0) is 13.0. The lowest BCUT2D eigenvalue weighted by atomic mass is 9.98. The van der Waals surface area contributed by atoms with E-state index in [1.54, 1.807) is 6.07 Å². The Morgan fingerprint density at radius 1 is 1.39 bits per heavy atom. The summed E-state index contributed by atoms with van der Waals surface area (Å²) >= 11 is 3.18. The van der Waals surface area contributed by atoms with Gasteiger partial charge in [-0.2, -0.15) is 0 Å². The van der Waals surface area contributed by atoms with Gasteiger partial charge in [0.15, 0.2) is 0 Å². The van der Waals surface area contributed by atoms with Crippen molar-refractivity contribution in [3.63, 3.8) is 0 Å². The van der Waals surface area contributed by atoms with Crippen molar-refractivity contribution in [2.24, 2.45) is 5.92 Å². The normalized spacial score (nSPS) is 16.6.